The van der Waals surface area contributed by atoms with E-state index in [1.807, 2.05) is 6.92 Å². The van der Waals surface area contributed by atoms with Gasteiger partial charge in [-0.25, -0.2) is 0 Å². The Labute approximate surface area is 169 Å². The Bertz CT molecular complexity index is 939. The number of rotatable bonds is 7. The summed E-state index contributed by atoms with van der Waals surface area (Å²) in [5.74, 6) is -0.878. The van der Waals surface area contributed by atoms with Crippen LogP contribution in [-0.4, -0.2) is 54.1 Å². The highest BCUT2D eigenvalue weighted by molar-refractivity contribution is 6.46. The van der Waals surface area contributed by atoms with Crippen LogP contribution in [0.2, 0.25) is 0 Å². The average molecular weight is 396 g/mol. The quantitative estimate of drug-likeness (QED) is 0.335. The first kappa shape index (κ1) is 20.5. The fourth-order valence-electron chi connectivity index (χ4n) is 3.56. The highest BCUT2D eigenvalue weighted by Gasteiger charge is 2.45. The number of methoxy groups -OCH3 is 2. The predicted molar refractivity (Wildman–Crippen MR) is 107 cm³/mol. The summed E-state index contributed by atoms with van der Waals surface area (Å²) in [5.41, 5.74) is 2.01. The largest absolute Gasteiger partial charge is 0.507 e. The molecular weight excluding hydrogens is 372 g/mol. The Balaban J connectivity index is 2.12. The molecule has 7 nitrogen and oxygen atoms in total. The SMILES string of the molecule is COCCCN1C(=O)C(=O)C(=C(O)c2ccc(OC)cc2C)C1c1ccncc1. The van der Waals surface area contributed by atoms with Gasteiger partial charge in [0.2, 0.25) is 0 Å². The number of carbonyl (C=O) groups is 2. The molecule has 0 radical (unpaired) electrons. The van der Waals surface area contributed by atoms with Crippen molar-refractivity contribution in [1.29, 1.82) is 0 Å². The first-order valence-corrected chi connectivity index (χ1v) is 9.31. The summed E-state index contributed by atoms with van der Waals surface area (Å²) in [7, 11) is 3.14. The van der Waals surface area contributed by atoms with Crippen LogP contribution in [0.15, 0.2) is 48.3 Å². The molecular formula is C22H24N2O5. The number of aromatic nitrogens is 1. The highest BCUT2D eigenvalue weighted by Crippen LogP contribution is 2.40. The van der Waals surface area contributed by atoms with Crippen LogP contribution < -0.4 is 4.74 Å². The maximum atomic E-state index is 12.9. The molecule has 1 aromatic heterocycles. The third kappa shape index (κ3) is 4.00. The number of likely N-dealkylation sites (tertiary alicyclic amines) is 1. The number of carbonyl (C=O) groups excluding carboxylic acids is 2. The molecule has 1 aliphatic heterocycles. The lowest BCUT2D eigenvalue weighted by atomic mass is 9.94. The van der Waals surface area contributed by atoms with Crippen molar-refractivity contribution in [1.82, 2.24) is 9.88 Å². The van der Waals surface area contributed by atoms with Crippen LogP contribution in [0, 0.1) is 6.92 Å². The van der Waals surface area contributed by atoms with Gasteiger partial charge >= 0.3 is 0 Å². The molecule has 0 aliphatic carbocycles. The second-order valence-corrected chi connectivity index (χ2v) is 6.80. The molecule has 0 spiro atoms. The summed E-state index contributed by atoms with van der Waals surface area (Å²) < 4.78 is 10.3. The van der Waals surface area contributed by atoms with Crippen molar-refractivity contribution in [3.63, 3.8) is 0 Å². The Morgan fingerprint density at radius 1 is 1.17 bits per heavy atom. The van der Waals surface area contributed by atoms with Gasteiger partial charge in [0.1, 0.15) is 11.5 Å². The van der Waals surface area contributed by atoms with Gasteiger partial charge in [-0.2, -0.15) is 0 Å². The number of hydrogen-bond donors (Lipinski definition) is 1. The molecule has 2 heterocycles. The smallest absolute Gasteiger partial charge is 0.295 e. The van der Waals surface area contributed by atoms with E-state index >= 15 is 0 Å². The summed E-state index contributed by atoms with van der Waals surface area (Å²) in [6, 6.07) is 7.97. The van der Waals surface area contributed by atoms with Gasteiger partial charge in [0.25, 0.3) is 11.7 Å². The van der Waals surface area contributed by atoms with Gasteiger partial charge in [-0.1, -0.05) is 0 Å². The maximum absolute atomic E-state index is 12.9. The van der Waals surface area contributed by atoms with Crippen molar-refractivity contribution in [2.45, 2.75) is 19.4 Å². The first-order chi connectivity index (χ1) is 14.0. The summed E-state index contributed by atoms with van der Waals surface area (Å²) in [5, 5.41) is 11.1. The van der Waals surface area contributed by atoms with Crippen molar-refractivity contribution in [2.24, 2.45) is 0 Å². The molecule has 1 atom stereocenters. The topological polar surface area (TPSA) is 89.0 Å². The molecule has 29 heavy (non-hydrogen) atoms. The number of pyridine rings is 1. The monoisotopic (exact) mass is 396 g/mol. The minimum absolute atomic E-state index is 0.0758. The summed E-state index contributed by atoms with van der Waals surface area (Å²) in [4.78, 5) is 31.2. The molecule has 3 rings (SSSR count). The van der Waals surface area contributed by atoms with Crippen molar-refractivity contribution in [2.75, 3.05) is 27.4 Å². The van der Waals surface area contributed by atoms with E-state index in [-0.39, 0.29) is 11.3 Å². The zero-order valence-corrected chi connectivity index (χ0v) is 16.7. The Kier molecular flexibility index (Phi) is 6.29. The number of amides is 1. The Hall–Kier alpha value is -3.19. The van der Waals surface area contributed by atoms with E-state index in [0.29, 0.717) is 36.4 Å². The predicted octanol–water partition coefficient (Wildman–Crippen LogP) is 2.86. The lowest BCUT2D eigenvalue weighted by molar-refractivity contribution is -0.140. The molecule has 1 unspecified atom stereocenters. The van der Waals surface area contributed by atoms with Crippen molar-refractivity contribution < 1.29 is 24.2 Å². The number of ether oxygens (including phenoxy) is 2. The van der Waals surface area contributed by atoms with Crippen molar-refractivity contribution in [3.05, 3.63) is 65.0 Å². The molecule has 0 bridgehead atoms. The fourth-order valence-corrected chi connectivity index (χ4v) is 3.56. The average Bonchev–Trinajstić information content (AvgIpc) is 2.99. The van der Waals surface area contributed by atoms with Crippen LogP contribution in [0.1, 0.15) is 29.2 Å². The van der Waals surface area contributed by atoms with Gasteiger partial charge in [-0.3, -0.25) is 14.6 Å². The first-order valence-electron chi connectivity index (χ1n) is 9.31. The van der Waals surface area contributed by atoms with E-state index in [4.69, 9.17) is 9.47 Å². The molecule has 1 fully saturated rings. The summed E-state index contributed by atoms with van der Waals surface area (Å²) >= 11 is 0. The third-order valence-corrected chi connectivity index (χ3v) is 5.00. The number of hydrogen-bond acceptors (Lipinski definition) is 6. The molecule has 1 saturated heterocycles. The molecule has 2 aromatic rings. The van der Waals surface area contributed by atoms with E-state index in [0.717, 1.165) is 5.56 Å². The van der Waals surface area contributed by atoms with Crippen LogP contribution in [0.25, 0.3) is 5.76 Å². The van der Waals surface area contributed by atoms with E-state index in [1.54, 1.807) is 56.9 Å². The number of aliphatic hydroxyl groups excluding tert-OH is 1. The van der Waals surface area contributed by atoms with Crippen molar-refractivity contribution >= 4 is 17.4 Å². The van der Waals surface area contributed by atoms with Crippen molar-refractivity contribution in [3.8, 4) is 5.75 Å². The number of benzene rings is 1. The van der Waals surface area contributed by atoms with Gasteiger partial charge < -0.3 is 19.5 Å². The molecule has 152 valence electrons. The molecule has 1 N–H and O–H groups in total. The lowest BCUT2D eigenvalue weighted by Gasteiger charge is -2.25. The van der Waals surface area contributed by atoms with Crippen LogP contribution >= 0.6 is 0 Å². The molecule has 1 aromatic carbocycles. The maximum Gasteiger partial charge on any atom is 0.295 e. The minimum Gasteiger partial charge on any atom is -0.507 e. The number of Topliss-reactive ketones (excluding diaryl/α,β-unsaturated/α-hetero) is 1. The normalized spacial score (nSPS) is 18.3. The highest BCUT2D eigenvalue weighted by atomic mass is 16.5. The van der Waals surface area contributed by atoms with Gasteiger partial charge in [0.15, 0.2) is 0 Å². The second kappa shape index (κ2) is 8.87. The van der Waals surface area contributed by atoms with Crippen LogP contribution in [0.5, 0.6) is 5.75 Å². The summed E-state index contributed by atoms with van der Waals surface area (Å²) in [6.45, 7) is 2.61. The van der Waals surface area contributed by atoms with E-state index in [2.05, 4.69) is 4.98 Å². The van der Waals surface area contributed by atoms with E-state index in [1.165, 1.54) is 4.90 Å². The van der Waals surface area contributed by atoms with E-state index < -0.39 is 17.7 Å². The Morgan fingerprint density at radius 2 is 1.90 bits per heavy atom. The molecule has 1 aliphatic rings. The van der Waals surface area contributed by atoms with Gasteiger partial charge in [-0.15, -0.1) is 0 Å². The van der Waals surface area contributed by atoms with Gasteiger partial charge in [0, 0.05) is 38.2 Å². The Morgan fingerprint density at radius 3 is 2.52 bits per heavy atom. The zero-order chi connectivity index (χ0) is 21.0. The number of ketones is 1. The summed E-state index contributed by atoms with van der Waals surface area (Å²) in [6.07, 6.45) is 3.78. The molecule has 7 heteroatoms. The van der Waals surface area contributed by atoms with Gasteiger partial charge in [-0.05, 0) is 54.8 Å². The molecule has 1 amide bonds. The van der Waals surface area contributed by atoms with E-state index in [9.17, 15) is 14.7 Å². The standard InChI is InChI=1S/C22H24N2O5/c1-14-13-16(29-3)5-6-17(14)20(25)18-19(15-7-9-23-10-8-15)24(11-4-12-28-2)22(27)21(18)26/h5-10,13,19,25H,4,11-12H2,1-3H3. The van der Waals surface area contributed by atoms with Crippen LogP contribution in [0.3, 0.4) is 0 Å². The van der Waals surface area contributed by atoms with Crippen LogP contribution in [-0.2, 0) is 14.3 Å². The van der Waals surface area contributed by atoms with Gasteiger partial charge in [0.05, 0.1) is 18.7 Å². The van der Waals surface area contributed by atoms with Crippen LogP contribution in [0.4, 0.5) is 0 Å². The minimum atomic E-state index is -0.697. The molecule has 0 saturated carbocycles. The number of aliphatic hydroxyl groups is 1. The number of nitrogens with zero attached hydrogens (tertiary/aromatic N) is 2. The number of aryl methyl sites for hydroxylation is 1. The fraction of sp³-hybridized carbons (Fsp3) is 0.318. The lowest BCUT2D eigenvalue weighted by Crippen LogP contribution is -2.31. The third-order valence-electron chi connectivity index (χ3n) is 5.00. The zero-order valence-electron chi connectivity index (χ0n) is 16.7. The second-order valence-electron chi connectivity index (χ2n) is 6.80.